The van der Waals surface area contributed by atoms with Crippen LogP contribution in [0.2, 0.25) is 0 Å². The maximum atomic E-state index is 6.37. The van der Waals surface area contributed by atoms with Crippen LogP contribution in [0.25, 0.3) is 16.8 Å². The van der Waals surface area contributed by atoms with Crippen LogP contribution in [0.15, 0.2) is 60.8 Å². The predicted molar refractivity (Wildman–Crippen MR) is 107 cm³/mol. The van der Waals surface area contributed by atoms with Crippen molar-refractivity contribution in [2.24, 2.45) is 0 Å². The molecule has 0 amide bonds. The summed E-state index contributed by atoms with van der Waals surface area (Å²) in [7, 11) is 1.28. The molecule has 4 nitrogen and oxygen atoms in total. The van der Waals surface area contributed by atoms with Crippen molar-refractivity contribution in [3.63, 3.8) is 0 Å². The third-order valence-electron chi connectivity index (χ3n) is 5.48. The molecule has 27 heavy (non-hydrogen) atoms. The molecule has 0 saturated carbocycles. The minimum absolute atomic E-state index is 0.0269. The van der Waals surface area contributed by atoms with Gasteiger partial charge in [-0.25, -0.2) is 0 Å². The molecule has 2 heterocycles. The number of methoxy groups -OCH3 is 1. The summed E-state index contributed by atoms with van der Waals surface area (Å²) >= 11 is 0. The Morgan fingerprint density at radius 2 is 1.89 bits per heavy atom. The summed E-state index contributed by atoms with van der Waals surface area (Å²) in [6.45, 7) is 2.03. The predicted octanol–water partition coefficient (Wildman–Crippen LogP) is 3.82. The van der Waals surface area contributed by atoms with Crippen molar-refractivity contribution in [2.45, 2.75) is 25.2 Å². The highest BCUT2D eigenvalue weighted by molar-refractivity contribution is 6.62. The normalized spacial score (nSPS) is 21.9. The summed E-state index contributed by atoms with van der Waals surface area (Å²) in [4.78, 5) is 4.71. The molecule has 0 spiro atoms. The molecule has 134 valence electrons. The van der Waals surface area contributed by atoms with Gasteiger partial charge in [0.1, 0.15) is 6.10 Å². The third kappa shape index (κ3) is 2.70. The second kappa shape index (κ2) is 6.61. The van der Waals surface area contributed by atoms with E-state index in [1.165, 1.54) is 5.39 Å². The smallest absolute Gasteiger partial charge is 0.398 e. The molecule has 0 unspecified atom stereocenters. The molecular weight excluding hydrogens is 337 g/mol. The average molecular weight is 357 g/mol. The Balaban J connectivity index is 1.53. The first-order valence-corrected chi connectivity index (χ1v) is 9.24. The van der Waals surface area contributed by atoms with E-state index in [0.717, 1.165) is 27.7 Å². The molecule has 1 aliphatic carbocycles. The lowest BCUT2D eigenvalue weighted by Crippen LogP contribution is -2.36. The Morgan fingerprint density at radius 3 is 2.78 bits per heavy atom. The molecule has 1 saturated heterocycles. The van der Waals surface area contributed by atoms with E-state index in [2.05, 4.69) is 36.4 Å². The van der Waals surface area contributed by atoms with Crippen molar-refractivity contribution in [1.29, 1.82) is 0 Å². The van der Waals surface area contributed by atoms with Crippen LogP contribution in [0.3, 0.4) is 0 Å². The van der Waals surface area contributed by atoms with E-state index >= 15 is 0 Å². The van der Waals surface area contributed by atoms with E-state index in [0.29, 0.717) is 0 Å². The van der Waals surface area contributed by atoms with Gasteiger partial charge in [-0.2, -0.15) is 0 Å². The van der Waals surface area contributed by atoms with E-state index in [9.17, 15) is 0 Å². The zero-order valence-corrected chi connectivity index (χ0v) is 15.3. The minimum atomic E-state index is -0.433. The van der Waals surface area contributed by atoms with Crippen molar-refractivity contribution >= 4 is 29.4 Å². The second-order valence-electron chi connectivity index (χ2n) is 7.00. The highest BCUT2D eigenvalue weighted by Gasteiger charge is 2.44. The Morgan fingerprint density at radius 1 is 1.07 bits per heavy atom. The minimum Gasteiger partial charge on any atom is -0.398 e. The van der Waals surface area contributed by atoms with Gasteiger partial charge in [-0.1, -0.05) is 60.7 Å². The molecule has 5 rings (SSSR count). The lowest BCUT2D eigenvalue weighted by Gasteiger charge is -2.22. The zero-order chi connectivity index (χ0) is 18.4. The molecule has 1 aliphatic heterocycles. The third-order valence-corrected chi connectivity index (χ3v) is 5.48. The highest BCUT2D eigenvalue weighted by atomic mass is 16.7. The van der Waals surface area contributed by atoms with Crippen molar-refractivity contribution < 1.29 is 14.0 Å². The molecule has 0 radical (unpaired) electrons. The van der Waals surface area contributed by atoms with E-state index in [-0.39, 0.29) is 18.3 Å². The monoisotopic (exact) mass is 357 g/mol. The average Bonchev–Trinajstić information content (AvgIpc) is 3.17. The lowest BCUT2D eigenvalue weighted by atomic mass is 9.75. The summed E-state index contributed by atoms with van der Waals surface area (Å²) in [5.74, 6) is 0. The molecule has 2 aromatic carbocycles. The summed E-state index contributed by atoms with van der Waals surface area (Å²) in [5.41, 5.74) is 4.16. The van der Waals surface area contributed by atoms with Crippen molar-refractivity contribution in [3.05, 3.63) is 77.6 Å². The number of rotatable bonds is 3. The van der Waals surface area contributed by atoms with Gasteiger partial charge in [0.2, 0.25) is 0 Å². The largest absolute Gasteiger partial charge is 0.495 e. The number of hydrogen-bond donors (Lipinski definition) is 0. The Hall–Kier alpha value is -2.47. The first-order valence-electron chi connectivity index (χ1n) is 9.24. The Kier molecular flexibility index (Phi) is 4.08. The van der Waals surface area contributed by atoms with Crippen LogP contribution in [0.5, 0.6) is 0 Å². The summed E-state index contributed by atoms with van der Waals surface area (Å²) < 4.78 is 18.1. The van der Waals surface area contributed by atoms with E-state index in [4.69, 9.17) is 19.0 Å². The number of ether oxygens (including phenoxy) is 1. The maximum absolute atomic E-state index is 6.37. The van der Waals surface area contributed by atoms with Crippen molar-refractivity contribution in [3.8, 4) is 0 Å². The summed E-state index contributed by atoms with van der Waals surface area (Å²) in [5, 5.41) is 2.33. The van der Waals surface area contributed by atoms with Crippen LogP contribution >= 0.6 is 0 Å². The molecule has 0 N–H and O–H groups in total. The molecule has 0 bridgehead atoms. The quantitative estimate of drug-likeness (QED) is 0.669. The first kappa shape index (κ1) is 16.7. The fraction of sp³-hybridized carbons (Fsp3) is 0.227. The summed E-state index contributed by atoms with van der Waals surface area (Å²) in [6.07, 6.45) is 5.75. The molecule has 1 fully saturated rings. The first-order chi connectivity index (χ1) is 13.3. The number of pyridine rings is 1. The van der Waals surface area contributed by atoms with Gasteiger partial charge in [-0.3, -0.25) is 4.98 Å². The fourth-order valence-electron chi connectivity index (χ4n) is 3.99. The summed E-state index contributed by atoms with van der Waals surface area (Å²) in [6, 6.07) is 16.4. The number of hydrogen-bond acceptors (Lipinski definition) is 4. The van der Waals surface area contributed by atoms with Crippen LogP contribution in [0.1, 0.15) is 36.0 Å². The van der Waals surface area contributed by atoms with Crippen LogP contribution in [0.4, 0.5) is 0 Å². The topological polar surface area (TPSA) is 40.6 Å². The Bertz CT molecular complexity index is 1030. The van der Waals surface area contributed by atoms with Gasteiger partial charge in [0.05, 0.1) is 17.9 Å². The van der Waals surface area contributed by atoms with Gasteiger partial charge in [0.25, 0.3) is 0 Å². The van der Waals surface area contributed by atoms with E-state index in [1.807, 2.05) is 37.4 Å². The van der Waals surface area contributed by atoms with Gasteiger partial charge in [-0.05, 0) is 23.3 Å². The number of fused-ring (bicyclic) bond motifs is 5. The number of benzene rings is 2. The molecule has 5 heteroatoms. The molecule has 3 atom stereocenters. The molecule has 3 aromatic rings. The highest BCUT2D eigenvalue weighted by Crippen LogP contribution is 2.39. The number of nitrogens with zero attached hydrogens (tertiary/aromatic N) is 1. The van der Waals surface area contributed by atoms with Gasteiger partial charge < -0.3 is 14.0 Å². The van der Waals surface area contributed by atoms with Crippen molar-refractivity contribution in [2.75, 3.05) is 7.11 Å². The Labute approximate surface area is 158 Å². The van der Waals surface area contributed by atoms with E-state index in [1.54, 1.807) is 7.11 Å². The molecule has 2 aliphatic rings. The maximum Gasteiger partial charge on any atom is 0.495 e. The van der Waals surface area contributed by atoms with Gasteiger partial charge in [-0.15, -0.1) is 0 Å². The van der Waals surface area contributed by atoms with Gasteiger partial charge in [0, 0.05) is 24.3 Å². The zero-order valence-electron chi connectivity index (χ0n) is 15.3. The van der Waals surface area contributed by atoms with Gasteiger partial charge in [0.15, 0.2) is 0 Å². The van der Waals surface area contributed by atoms with Crippen LogP contribution < -0.4 is 5.46 Å². The number of aromatic nitrogens is 1. The molecule has 1 aromatic heterocycles. The van der Waals surface area contributed by atoms with Gasteiger partial charge >= 0.3 is 7.12 Å². The van der Waals surface area contributed by atoms with Crippen LogP contribution in [0, 0.1) is 0 Å². The lowest BCUT2D eigenvalue weighted by molar-refractivity contribution is 0.120. The fourth-order valence-corrected chi connectivity index (χ4v) is 3.99. The standard InChI is InChI=1S/C22H20BNO3/c1-14(25-2)16-8-5-6-10-19(16)23-26-20-12-11-18-17-9-4-3-7-15(17)13-24-21(18)22(20)27-23/h3-14,20,22H,1-2H3/t14-,20+,22+/m0/s1. The van der Waals surface area contributed by atoms with Crippen molar-refractivity contribution in [1.82, 2.24) is 4.98 Å². The van der Waals surface area contributed by atoms with E-state index < -0.39 is 7.12 Å². The van der Waals surface area contributed by atoms with Crippen LogP contribution in [-0.4, -0.2) is 25.3 Å². The second-order valence-corrected chi connectivity index (χ2v) is 7.00. The van der Waals surface area contributed by atoms with Crippen LogP contribution in [-0.2, 0) is 14.0 Å². The SMILES string of the molecule is CO[C@@H](C)c1ccccc1B1O[C@@H]2C=Cc3c(ncc4ccccc34)[C@@H]2O1. The molecular formula is C22H20BNO3.